The van der Waals surface area contributed by atoms with E-state index in [1.54, 1.807) is 20.4 Å². The van der Waals surface area contributed by atoms with E-state index in [0.717, 1.165) is 53.8 Å². The van der Waals surface area contributed by atoms with Gasteiger partial charge in [0, 0.05) is 50.6 Å². The van der Waals surface area contributed by atoms with E-state index in [1.165, 1.54) is 0 Å². The van der Waals surface area contributed by atoms with Crippen LogP contribution in [-0.4, -0.2) is 54.6 Å². The van der Waals surface area contributed by atoms with Crippen molar-refractivity contribution in [1.82, 2.24) is 40.4 Å². The van der Waals surface area contributed by atoms with Crippen LogP contribution in [0.15, 0.2) is 42.7 Å². The van der Waals surface area contributed by atoms with Crippen molar-refractivity contribution in [2.75, 3.05) is 14.2 Å². The lowest BCUT2D eigenvalue weighted by atomic mass is 10.0. The zero-order valence-electron chi connectivity index (χ0n) is 20.7. The molecule has 4 rings (SSSR count). The van der Waals surface area contributed by atoms with Gasteiger partial charge in [-0.05, 0) is 28.8 Å². The molecule has 0 amide bonds. The van der Waals surface area contributed by atoms with Gasteiger partial charge in [0.2, 0.25) is 17.4 Å². The van der Waals surface area contributed by atoms with Gasteiger partial charge >= 0.3 is 0 Å². The predicted octanol–water partition coefficient (Wildman–Crippen LogP) is 4.16. The highest BCUT2D eigenvalue weighted by Crippen LogP contribution is 2.31. The number of aromatic amines is 1. The molecule has 10 heteroatoms. The van der Waals surface area contributed by atoms with Crippen LogP contribution >= 0.6 is 0 Å². The molecule has 4 aromatic rings. The number of pyridine rings is 1. The molecule has 0 bridgehead atoms. The molecule has 0 saturated heterocycles. The summed E-state index contributed by atoms with van der Waals surface area (Å²) in [6, 6.07) is 10.2. The predicted molar refractivity (Wildman–Crippen MR) is 131 cm³/mol. The van der Waals surface area contributed by atoms with Crippen molar-refractivity contribution in [1.29, 1.82) is 0 Å². The molecule has 0 atom stereocenters. The van der Waals surface area contributed by atoms with Crippen molar-refractivity contribution in [2.24, 2.45) is 0 Å². The van der Waals surface area contributed by atoms with Crippen molar-refractivity contribution < 1.29 is 9.47 Å². The van der Waals surface area contributed by atoms with Gasteiger partial charge in [0.05, 0.1) is 6.54 Å². The topological polar surface area (TPSA) is 117 Å². The molecule has 10 nitrogen and oxygen atoms in total. The molecule has 0 aliphatic rings. The first kappa shape index (κ1) is 24.6. The molecule has 0 saturated carbocycles. The van der Waals surface area contributed by atoms with Crippen molar-refractivity contribution in [3.63, 3.8) is 0 Å². The first-order valence-electron chi connectivity index (χ1n) is 12.0. The number of aromatic nitrogens is 8. The molecule has 184 valence electrons. The third kappa shape index (κ3) is 5.28. The molecule has 1 aromatic carbocycles. The summed E-state index contributed by atoms with van der Waals surface area (Å²) in [5.74, 6) is 1.12. The average Bonchev–Trinajstić information content (AvgIpc) is 3.57. The maximum Gasteiger partial charge on any atom is 0.231 e. The summed E-state index contributed by atoms with van der Waals surface area (Å²) in [7, 11) is 3.29. The quantitative estimate of drug-likeness (QED) is 0.303. The van der Waals surface area contributed by atoms with Gasteiger partial charge in [-0.1, -0.05) is 51.0 Å². The number of ether oxygens (including phenoxy) is 2. The van der Waals surface area contributed by atoms with E-state index in [0.29, 0.717) is 24.6 Å². The van der Waals surface area contributed by atoms with Crippen molar-refractivity contribution in [2.45, 2.75) is 58.3 Å². The molecule has 0 radical (unpaired) electrons. The van der Waals surface area contributed by atoms with Gasteiger partial charge in [0.15, 0.2) is 0 Å². The van der Waals surface area contributed by atoms with Gasteiger partial charge in [-0.15, -0.1) is 15.3 Å². The number of aryl methyl sites for hydroxylation is 1. The van der Waals surface area contributed by atoms with E-state index in [4.69, 9.17) is 19.6 Å². The number of H-pyrrole nitrogens is 1. The molecule has 35 heavy (non-hydrogen) atoms. The highest BCUT2D eigenvalue weighted by molar-refractivity contribution is 5.79. The minimum Gasteiger partial charge on any atom is -0.347 e. The smallest absolute Gasteiger partial charge is 0.231 e. The Balaban J connectivity index is 1.62. The number of benzene rings is 1. The summed E-state index contributed by atoms with van der Waals surface area (Å²) in [4.78, 5) is 9.14. The molecule has 0 fully saturated rings. The Kier molecular flexibility index (Phi) is 7.94. The fourth-order valence-electron chi connectivity index (χ4n) is 4.15. The zero-order valence-corrected chi connectivity index (χ0v) is 20.7. The first-order valence-corrected chi connectivity index (χ1v) is 12.0. The van der Waals surface area contributed by atoms with Crippen molar-refractivity contribution >= 4 is 0 Å². The van der Waals surface area contributed by atoms with Gasteiger partial charge in [-0.25, -0.2) is 9.67 Å². The van der Waals surface area contributed by atoms with E-state index in [2.05, 4.69) is 63.7 Å². The third-order valence-corrected chi connectivity index (χ3v) is 6.09. The lowest BCUT2D eigenvalue weighted by molar-refractivity contribution is -0.225. The SMILES string of the molecule is CCCCc1nc(C(CCC)(OC)OC)nn1Cc1ccc(-c2cnccc2-c2nn[nH]n2)cc1. The van der Waals surface area contributed by atoms with Crippen LogP contribution in [-0.2, 0) is 28.2 Å². The van der Waals surface area contributed by atoms with E-state index >= 15 is 0 Å². The Labute approximate surface area is 205 Å². The van der Waals surface area contributed by atoms with Crippen LogP contribution in [0.25, 0.3) is 22.5 Å². The maximum atomic E-state index is 5.76. The second-order valence-electron chi connectivity index (χ2n) is 8.38. The van der Waals surface area contributed by atoms with Gasteiger partial charge in [0.1, 0.15) is 5.82 Å². The summed E-state index contributed by atoms with van der Waals surface area (Å²) in [5.41, 5.74) is 3.95. The van der Waals surface area contributed by atoms with Crippen LogP contribution in [0.2, 0.25) is 0 Å². The van der Waals surface area contributed by atoms with Crippen molar-refractivity contribution in [3.8, 4) is 22.5 Å². The average molecular weight is 477 g/mol. The summed E-state index contributed by atoms with van der Waals surface area (Å²) >= 11 is 0. The molecule has 0 aliphatic heterocycles. The number of nitrogens with one attached hydrogen (secondary N) is 1. The maximum absolute atomic E-state index is 5.76. The Bertz CT molecular complexity index is 1200. The normalized spacial score (nSPS) is 11.8. The fourth-order valence-corrected chi connectivity index (χ4v) is 4.15. The lowest BCUT2D eigenvalue weighted by Gasteiger charge is -2.27. The van der Waals surface area contributed by atoms with Gasteiger partial charge in [-0.3, -0.25) is 4.98 Å². The van der Waals surface area contributed by atoms with Crippen LogP contribution in [0.5, 0.6) is 0 Å². The van der Waals surface area contributed by atoms with E-state index in [1.807, 2.05) is 16.9 Å². The van der Waals surface area contributed by atoms with E-state index in [-0.39, 0.29) is 0 Å². The number of nitrogens with zero attached hydrogens (tertiary/aromatic N) is 7. The van der Waals surface area contributed by atoms with Crippen LogP contribution in [0, 0.1) is 0 Å². The fraction of sp³-hybridized carbons (Fsp3) is 0.440. The molecule has 1 N–H and O–H groups in total. The number of hydrogen-bond acceptors (Lipinski definition) is 8. The molecule has 0 spiro atoms. The van der Waals surface area contributed by atoms with E-state index in [9.17, 15) is 0 Å². The Morgan fingerprint density at radius 1 is 1.00 bits per heavy atom. The van der Waals surface area contributed by atoms with Gasteiger partial charge < -0.3 is 9.47 Å². The number of methoxy groups -OCH3 is 2. The second-order valence-corrected chi connectivity index (χ2v) is 8.38. The standard InChI is InChI=1S/C25H32N8O2/c1-5-7-8-22-27-24(25(34-3,35-4)14-6-2)30-33(22)17-18-9-11-19(12-10-18)21-16-26-15-13-20(21)23-28-31-32-29-23/h9-13,15-16H,5-8,14,17H2,1-4H3,(H,28,29,31,32). The minimum absolute atomic E-state index is 0.536. The Morgan fingerprint density at radius 3 is 2.46 bits per heavy atom. The van der Waals surface area contributed by atoms with E-state index < -0.39 is 5.79 Å². The van der Waals surface area contributed by atoms with Gasteiger partial charge in [0.25, 0.3) is 0 Å². The number of unbranched alkanes of at least 4 members (excludes halogenated alkanes) is 1. The molecule has 0 unspecified atom stereocenters. The number of tetrazole rings is 1. The summed E-state index contributed by atoms with van der Waals surface area (Å²) < 4.78 is 13.5. The van der Waals surface area contributed by atoms with Gasteiger partial charge in [-0.2, -0.15) is 5.21 Å². The molecular weight excluding hydrogens is 444 g/mol. The molecule has 3 heterocycles. The molecular formula is C25H32N8O2. The summed E-state index contributed by atoms with van der Waals surface area (Å²) in [6.07, 6.45) is 8.08. The molecule has 0 aliphatic carbocycles. The summed E-state index contributed by atoms with van der Waals surface area (Å²) in [5, 5.41) is 19.3. The molecule has 3 aromatic heterocycles. The van der Waals surface area contributed by atoms with Crippen LogP contribution in [0.4, 0.5) is 0 Å². The Morgan fingerprint density at radius 2 is 1.80 bits per heavy atom. The lowest BCUT2D eigenvalue weighted by Crippen LogP contribution is -2.32. The summed E-state index contributed by atoms with van der Waals surface area (Å²) in [6.45, 7) is 4.87. The highest BCUT2D eigenvalue weighted by Gasteiger charge is 2.36. The van der Waals surface area contributed by atoms with Crippen molar-refractivity contribution in [3.05, 3.63) is 59.9 Å². The minimum atomic E-state index is -0.934. The number of hydrogen-bond donors (Lipinski definition) is 1. The van der Waals surface area contributed by atoms with Crippen LogP contribution in [0.3, 0.4) is 0 Å². The zero-order chi connectivity index (χ0) is 24.7. The largest absolute Gasteiger partial charge is 0.347 e. The first-order chi connectivity index (χ1) is 17.1. The highest BCUT2D eigenvalue weighted by atomic mass is 16.7. The third-order valence-electron chi connectivity index (χ3n) is 6.09. The second kappa shape index (κ2) is 11.3. The monoisotopic (exact) mass is 476 g/mol. The Hall–Kier alpha value is -3.50. The number of rotatable bonds is 12. The van der Waals surface area contributed by atoms with Crippen LogP contribution < -0.4 is 0 Å². The van der Waals surface area contributed by atoms with Crippen LogP contribution in [0.1, 0.15) is 56.7 Å².